The molecule has 0 spiro atoms. The van der Waals surface area contributed by atoms with Gasteiger partial charge in [-0.1, -0.05) is 37.3 Å². The molecule has 2 N–H and O–H groups in total. The fourth-order valence-electron chi connectivity index (χ4n) is 3.32. The van der Waals surface area contributed by atoms with Crippen LogP contribution in [0, 0.1) is 5.92 Å². The van der Waals surface area contributed by atoms with Crippen molar-refractivity contribution in [3.8, 4) is 0 Å². The summed E-state index contributed by atoms with van der Waals surface area (Å²) in [4.78, 5) is 0. The standard InChI is InChI=1S/C17H27NO/c1-3-17(2)13-15(10-12-19-17)16(9-11-18)14-7-5-4-6-8-14/h4-8,15-16H,3,9-13,18H2,1-2H3/t15-,16+,17+/m0/s1. The summed E-state index contributed by atoms with van der Waals surface area (Å²) in [5, 5.41) is 0. The maximum Gasteiger partial charge on any atom is 0.0654 e. The Morgan fingerprint density at radius 2 is 2.11 bits per heavy atom. The molecule has 2 nitrogen and oxygen atoms in total. The van der Waals surface area contributed by atoms with Crippen molar-refractivity contribution in [2.24, 2.45) is 11.7 Å². The lowest BCUT2D eigenvalue weighted by Crippen LogP contribution is -2.38. The summed E-state index contributed by atoms with van der Waals surface area (Å²) in [5.74, 6) is 1.28. The van der Waals surface area contributed by atoms with Gasteiger partial charge < -0.3 is 10.5 Å². The van der Waals surface area contributed by atoms with Crippen LogP contribution in [0.1, 0.15) is 51.0 Å². The smallest absolute Gasteiger partial charge is 0.0654 e. The number of hydrogen-bond acceptors (Lipinski definition) is 2. The average Bonchev–Trinajstić information content (AvgIpc) is 2.46. The van der Waals surface area contributed by atoms with Gasteiger partial charge in [0.25, 0.3) is 0 Å². The van der Waals surface area contributed by atoms with E-state index in [-0.39, 0.29) is 5.60 Å². The van der Waals surface area contributed by atoms with Gasteiger partial charge >= 0.3 is 0 Å². The second kappa shape index (κ2) is 6.53. The van der Waals surface area contributed by atoms with Crippen molar-refractivity contribution in [1.82, 2.24) is 0 Å². The first kappa shape index (κ1) is 14.5. The number of rotatable bonds is 5. The largest absolute Gasteiger partial charge is 0.375 e. The second-order valence-electron chi connectivity index (χ2n) is 6.00. The summed E-state index contributed by atoms with van der Waals surface area (Å²) in [5.41, 5.74) is 7.35. The molecule has 0 unspecified atom stereocenters. The summed E-state index contributed by atoms with van der Waals surface area (Å²) in [7, 11) is 0. The lowest BCUT2D eigenvalue weighted by molar-refractivity contribution is -0.0914. The number of benzene rings is 1. The summed E-state index contributed by atoms with van der Waals surface area (Å²) in [6.07, 6.45) is 4.49. The summed E-state index contributed by atoms with van der Waals surface area (Å²) >= 11 is 0. The lowest BCUT2D eigenvalue weighted by atomic mass is 9.74. The van der Waals surface area contributed by atoms with Crippen molar-refractivity contribution in [3.05, 3.63) is 35.9 Å². The minimum Gasteiger partial charge on any atom is -0.375 e. The third kappa shape index (κ3) is 3.58. The van der Waals surface area contributed by atoms with E-state index in [9.17, 15) is 0 Å². The molecule has 2 rings (SSSR count). The van der Waals surface area contributed by atoms with Crippen LogP contribution < -0.4 is 5.73 Å². The first-order valence-corrected chi connectivity index (χ1v) is 7.57. The van der Waals surface area contributed by atoms with E-state index >= 15 is 0 Å². The summed E-state index contributed by atoms with van der Waals surface area (Å²) in [6.45, 7) is 6.13. The predicted molar refractivity (Wildman–Crippen MR) is 80.2 cm³/mol. The van der Waals surface area contributed by atoms with Crippen LogP contribution in [0.2, 0.25) is 0 Å². The monoisotopic (exact) mass is 261 g/mol. The minimum absolute atomic E-state index is 0.0601. The molecular formula is C17H27NO. The van der Waals surface area contributed by atoms with Crippen LogP contribution >= 0.6 is 0 Å². The molecule has 1 fully saturated rings. The molecule has 0 aromatic heterocycles. The van der Waals surface area contributed by atoms with Gasteiger partial charge in [0, 0.05) is 6.61 Å². The minimum atomic E-state index is 0.0601. The first-order chi connectivity index (χ1) is 9.18. The molecule has 3 atom stereocenters. The maximum atomic E-state index is 5.98. The Balaban J connectivity index is 2.15. The van der Waals surface area contributed by atoms with E-state index < -0.39 is 0 Å². The van der Waals surface area contributed by atoms with Crippen molar-refractivity contribution < 1.29 is 4.74 Å². The highest BCUT2D eigenvalue weighted by Crippen LogP contribution is 2.40. The van der Waals surface area contributed by atoms with E-state index in [1.165, 1.54) is 5.56 Å². The Labute approximate surface area is 117 Å². The molecular weight excluding hydrogens is 234 g/mol. The van der Waals surface area contributed by atoms with Crippen LogP contribution in [-0.4, -0.2) is 18.8 Å². The zero-order valence-electron chi connectivity index (χ0n) is 12.3. The summed E-state index contributed by atoms with van der Waals surface area (Å²) in [6, 6.07) is 10.9. The quantitative estimate of drug-likeness (QED) is 0.877. The molecule has 0 saturated carbocycles. The van der Waals surface area contributed by atoms with E-state index in [0.717, 1.165) is 38.8 Å². The van der Waals surface area contributed by atoms with Gasteiger partial charge in [0.2, 0.25) is 0 Å². The molecule has 1 aromatic carbocycles. The molecule has 2 heteroatoms. The Kier molecular flexibility index (Phi) is 5.00. The molecule has 1 aromatic rings. The zero-order chi connectivity index (χ0) is 13.7. The lowest BCUT2D eigenvalue weighted by Gasteiger charge is -2.41. The van der Waals surface area contributed by atoms with Crippen LogP contribution in [0.5, 0.6) is 0 Å². The number of hydrogen-bond donors (Lipinski definition) is 1. The fourth-order valence-corrected chi connectivity index (χ4v) is 3.32. The molecule has 0 amide bonds. The average molecular weight is 261 g/mol. The Hall–Kier alpha value is -0.860. The van der Waals surface area contributed by atoms with Crippen molar-refractivity contribution >= 4 is 0 Å². The Bertz CT molecular complexity index is 378. The highest BCUT2D eigenvalue weighted by atomic mass is 16.5. The van der Waals surface area contributed by atoms with Crippen molar-refractivity contribution in [3.63, 3.8) is 0 Å². The van der Waals surface area contributed by atoms with E-state index in [0.29, 0.717) is 11.8 Å². The maximum absolute atomic E-state index is 5.98. The second-order valence-corrected chi connectivity index (χ2v) is 6.00. The van der Waals surface area contributed by atoms with Crippen LogP contribution in [0.15, 0.2) is 30.3 Å². The van der Waals surface area contributed by atoms with Crippen LogP contribution in [-0.2, 0) is 4.74 Å². The van der Waals surface area contributed by atoms with Crippen LogP contribution in [0.4, 0.5) is 0 Å². The molecule has 1 saturated heterocycles. The molecule has 19 heavy (non-hydrogen) atoms. The molecule has 1 aliphatic rings. The number of nitrogens with two attached hydrogens (primary N) is 1. The third-order valence-corrected chi connectivity index (χ3v) is 4.66. The Morgan fingerprint density at radius 1 is 1.37 bits per heavy atom. The highest BCUT2D eigenvalue weighted by Gasteiger charge is 2.35. The molecule has 0 bridgehead atoms. The molecule has 106 valence electrons. The van der Waals surface area contributed by atoms with Crippen LogP contribution in [0.3, 0.4) is 0 Å². The van der Waals surface area contributed by atoms with Crippen molar-refractivity contribution in [1.29, 1.82) is 0 Å². The van der Waals surface area contributed by atoms with Gasteiger partial charge in [0.15, 0.2) is 0 Å². The van der Waals surface area contributed by atoms with Gasteiger partial charge in [0.05, 0.1) is 5.60 Å². The van der Waals surface area contributed by atoms with E-state index in [1.54, 1.807) is 0 Å². The predicted octanol–water partition coefficient (Wildman–Crippen LogP) is 3.71. The van der Waals surface area contributed by atoms with Gasteiger partial charge in [-0.2, -0.15) is 0 Å². The molecule has 1 aliphatic heterocycles. The topological polar surface area (TPSA) is 35.2 Å². The van der Waals surface area contributed by atoms with Gasteiger partial charge in [-0.3, -0.25) is 0 Å². The van der Waals surface area contributed by atoms with Crippen LogP contribution in [0.25, 0.3) is 0 Å². The van der Waals surface area contributed by atoms with Crippen molar-refractivity contribution in [2.45, 2.75) is 51.0 Å². The fraction of sp³-hybridized carbons (Fsp3) is 0.647. The normalized spacial score (nSPS) is 29.1. The summed E-state index contributed by atoms with van der Waals surface area (Å²) < 4.78 is 5.98. The highest BCUT2D eigenvalue weighted by molar-refractivity contribution is 5.20. The van der Waals surface area contributed by atoms with E-state index in [2.05, 4.69) is 44.2 Å². The van der Waals surface area contributed by atoms with E-state index in [4.69, 9.17) is 10.5 Å². The molecule has 0 aliphatic carbocycles. The first-order valence-electron chi connectivity index (χ1n) is 7.57. The SMILES string of the molecule is CC[C@]1(C)C[C@@H]([C@H](CCN)c2ccccc2)CCO1. The molecule has 1 heterocycles. The van der Waals surface area contributed by atoms with Crippen molar-refractivity contribution in [2.75, 3.05) is 13.2 Å². The van der Waals surface area contributed by atoms with E-state index in [1.807, 2.05) is 0 Å². The van der Waals surface area contributed by atoms with Gasteiger partial charge in [-0.25, -0.2) is 0 Å². The Morgan fingerprint density at radius 3 is 2.74 bits per heavy atom. The van der Waals surface area contributed by atoms with Gasteiger partial charge in [-0.05, 0) is 56.6 Å². The van der Waals surface area contributed by atoms with Gasteiger partial charge in [-0.15, -0.1) is 0 Å². The zero-order valence-corrected chi connectivity index (χ0v) is 12.3. The van der Waals surface area contributed by atoms with Gasteiger partial charge in [0.1, 0.15) is 0 Å². The molecule has 0 radical (unpaired) electrons. The third-order valence-electron chi connectivity index (χ3n) is 4.66. The number of ether oxygens (including phenoxy) is 1.